The lowest BCUT2D eigenvalue weighted by atomic mass is 9.98. The zero-order valence-electron chi connectivity index (χ0n) is 14.6. The molecule has 22 heavy (non-hydrogen) atoms. The normalized spacial score (nSPS) is 31.5. The van der Waals surface area contributed by atoms with Crippen molar-refractivity contribution >= 4 is 0 Å². The summed E-state index contributed by atoms with van der Waals surface area (Å²) in [4.78, 5) is 0. The van der Waals surface area contributed by atoms with Crippen LogP contribution in [0.1, 0.15) is 41.5 Å². The van der Waals surface area contributed by atoms with Gasteiger partial charge >= 0.3 is 0 Å². The smallest absolute Gasteiger partial charge is 0.186 e. The van der Waals surface area contributed by atoms with E-state index in [-0.39, 0.29) is 17.4 Å². The van der Waals surface area contributed by atoms with Gasteiger partial charge in [0.15, 0.2) is 6.29 Å². The molecule has 0 amide bonds. The van der Waals surface area contributed by atoms with Crippen molar-refractivity contribution in [2.75, 3.05) is 19.8 Å². The van der Waals surface area contributed by atoms with Crippen LogP contribution in [0.25, 0.3) is 0 Å². The monoisotopic (exact) mass is 320 g/mol. The standard InChI is InChI=1S/C16H32O6/c1-15(2,3)8-20-7-10(17)13-11(18)12(19)14(22-13)21-9-16(4,5)6/h10-14,17-19H,7-9H2,1-6H3/t10?,11-,12-,13+,14+/m0/s1. The van der Waals surface area contributed by atoms with Crippen LogP contribution in [0, 0.1) is 10.8 Å². The Bertz CT molecular complexity index is 333. The molecule has 0 aromatic heterocycles. The fourth-order valence-electron chi connectivity index (χ4n) is 2.04. The van der Waals surface area contributed by atoms with Gasteiger partial charge in [-0.1, -0.05) is 41.5 Å². The van der Waals surface area contributed by atoms with E-state index in [1.54, 1.807) is 0 Å². The summed E-state index contributed by atoms with van der Waals surface area (Å²) >= 11 is 0. The SMILES string of the molecule is CC(C)(C)COCC(O)[C@H]1O[C@@H](OCC(C)(C)C)[C@@H](O)[C@@H]1O. The Morgan fingerprint density at radius 2 is 1.50 bits per heavy atom. The van der Waals surface area contributed by atoms with Crippen molar-refractivity contribution < 1.29 is 29.5 Å². The summed E-state index contributed by atoms with van der Waals surface area (Å²) < 4.78 is 16.4. The molecule has 0 aliphatic carbocycles. The molecule has 0 spiro atoms. The van der Waals surface area contributed by atoms with Gasteiger partial charge in [-0.05, 0) is 10.8 Å². The number of hydrogen-bond donors (Lipinski definition) is 3. The van der Waals surface area contributed by atoms with Crippen molar-refractivity contribution in [2.45, 2.75) is 72.2 Å². The lowest BCUT2D eigenvalue weighted by Gasteiger charge is -2.24. The molecule has 1 rings (SSSR count). The molecule has 6 nitrogen and oxygen atoms in total. The van der Waals surface area contributed by atoms with E-state index in [1.807, 2.05) is 41.5 Å². The Balaban J connectivity index is 2.47. The molecule has 1 fully saturated rings. The van der Waals surface area contributed by atoms with Crippen molar-refractivity contribution in [3.05, 3.63) is 0 Å². The highest BCUT2D eigenvalue weighted by Gasteiger charge is 2.46. The molecule has 1 heterocycles. The van der Waals surface area contributed by atoms with Crippen LogP contribution in [0.15, 0.2) is 0 Å². The molecular formula is C16H32O6. The van der Waals surface area contributed by atoms with Crippen molar-refractivity contribution in [1.29, 1.82) is 0 Å². The van der Waals surface area contributed by atoms with E-state index in [1.165, 1.54) is 0 Å². The van der Waals surface area contributed by atoms with E-state index in [9.17, 15) is 15.3 Å². The molecule has 5 atom stereocenters. The maximum Gasteiger partial charge on any atom is 0.186 e. The number of rotatable bonds is 6. The highest BCUT2D eigenvalue weighted by molar-refractivity contribution is 4.91. The zero-order chi connectivity index (χ0) is 17.1. The number of aliphatic hydroxyl groups is 3. The van der Waals surface area contributed by atoms with Gasteiger partial charge in [0.2, 0.25) is 0 Å². The van der Waals surface area contributed by atoms with Crippen LogP contribution < -0.4 is 0 Å². The van der Waals surface area contributed by atoms with E-state index in [0.29, 0.717) is 13.2 Å². The molecule has 3 N–H and O–H groups in total. The molecule has 1 aliphatic heterocycles. The summed E-state index contributed by atoms with van der Waals surface area (Å²) in [6.07, 6.45) is -5.24. The number of ether oxygens (including phenoxy) is 3. The van der Waals surface area contributed by atoms with Gasteiger partial charge in [-0.3, -0.25) is 0 Å². The highest BCUT2D eigenvalue weighted by atomic mass is 16.7. The highest BCUT2D eigenvalue weighted by Crippen LogP contribution is 2.27. The second kappa shape index (κ2) is 7.55. The summed E-state index contributed by atoms with van der Waals surface area (Å²) in [5.74, 6) is 0. The topological polar surface area (TPSA) is 88.4 Å². The Kier molecular flexibility index (Phi) is 6.80. The molecule has 0 saturated carbocycles. The van der Waals surface area contributed by atoms with Crippen LogP contribution in [0.3, 0.4) is 0 Å². The minimum absolute atomic E-state index is 0.00720. The van der Waals surface area contributed by atoms with E-state index in [2.05, 4.69) is 0 Å². The van der Waals surface area contributed by atoms with Crippen LogP contribution in [0.4, 0.5) is 0 Å². The van der Waals surface area contributed by atoms with Gasteiger partial charge in [0.05, 0.1) is 19.8 Å². The minimum Gasteiger partial charge on any atom is -0.388 e. The van der Waals surface area contributed by atoms with Crippen LogP contribution in [-0.4, -0.2) is 65.8 Å². The van der Waals surface area contributed by atoms with Crippen molar-refractivity contribution in [3.63, 3.8) is 0 Å². The molecule has 0 radical (unpaired) electrons. The summed E-state index contributed by atoms with van der Waals surface area (Å²) in [5, 5.41) is 30.1. The molecule has 0 aromatic carbocycles. The van der Waals surface area contributed by atoms with Gasteiger partial charge in [0, 0.05) is 0 Å². The van der Waals surface area contributed by atoms with Crippen molar-refractivity contribution in [1.82, 2.24) is 0 Å². The van der Waals surface area contributed by atoms with Gasteiger partial charge in [0.1, 0.15) is 24.4 Å². The Hall–Kier alpha value is -0.240. The van der Waals surface area contributed by atoms with Crippen LogP contribution in [-0.2, 0) is 14.2 Å². The van der Waals surface area contributed by atoms with E-state index < -0.39 is 30.7 Å². The fourth-order valence-corrected chi connectivity index (χ4v) is 2.04. The molecule has 1 aliphatic rings. The molecular weight excluding hydrogens is 288 g/mol. The maximum atomic E-state index is 10.1. The number of hydrogen-bond acceptors (Lipinski definition) is 6. The third-order valence-corrected chi connectivity index (χ3v) is 3.14. The second-order valence-corrected chi connectivity index (χ2v) is 8.47. The maximum absolute atomic E-state index is 10.1. The third kappa shape index (κ3) is 6.48. The third-order valence-electron chi connectivity index (χ3n) is 3.14. The summed E-state index contributed by atoms with van der Waals surface area (Å²) in [6, 6.07) is 0. The lowest BCUT2D eigenvalue weighted by molar-refractivity contribution is -0.192. The molecule has 1 unspecified atom stereocenters. The van der Waals surface area contributed by atoms with Gasteiger partial charge in [0.25, 0.3) is 0 Å². The second-order valence-electron chi connectivity index (χ2n) is 8.47. The summed E-state index contributed by atoms with van der Waals surface area (Å²) in [7, 11) is 0. The average Bonchev–Trinajstić information content (AvgIpc) is 2.61. The van der Waals surface area contributed by atoms with Crippen molar-refractivity contribution in [3.8, 4) is 0 Å². The quantitative estimate of drug-likeness (QED) is 0.674. The first kappa shape index (κ1) is 19.8. The predicted molar refractivity (Wildman–Crippen MR) is 82.4 cm³/mol. The minimum atomic E-state index is -1.20. The first-order valence-electron chi connectivity index (χ1n) is 7.80. The summed E-state index contributed by atoms with van der Waals surface area (Å²) in [5.41, 5.74) is -0.0900. The van der Waals surface area contributed by atoms with Crippen molar-refractivity contribution in [2.24, 2.45) is 10.8 Å². The molecule has 6 heteroatoms. The van der Waals surface area contributed by atoms with E-state index in [4.69, 9.17) is 14.2 Å². The first-order valence-corrected chi connectivity index (χ1v) is 7.80. The molecule has 0 aromatic rings. The van der Waals surface area contributed by atoms with E-state index >= 15 is 0 Å². The fraction of sp³-hybridized carbons (Fsp3) is 1.00. The molecule has 132 valence electrons. The van der Waals surface area contributed by atoms with Crippen LogP contribution in [0.2, 0.25) is 0 Å². The van der Waals surface area contributed by atoms with Gasteiger partial charge in [-0.25, -0.2) is 0 Å². The van der Waals surface area contributed by atoms with Gasteiger partial charge < -0.3 is 29.5 Å². The van der Waals surface area contributed by atoms with Crippen LogP contribution >= 0.6 is 0 Å². The Morgan fingerprint density at radius 3 is 2.00 bits per heavy atom. The van der Waals surface area contributed by atoms with Gasteiger partial charge in [-0.15, -0.1) is 0 Å². The Morgan fingerprint density at radius 1 is 0.955 bits per heavy atom. The number of aliphatic hydroxyl groups excluding tert-OH is 3. The molecule has 0 bridgehead atoms. The van der Waals surface area contributed by atoms with Gasteiger partial charge in [-0.2, -0.15) is 0 Å². The van der Waals surface area contributed by atoms with Crippen LogP contribution in [0.5, 0.6) is 0 Å². The predicted octanol–water partition coefficient (Wildman–Crippen LogP) is 0.919. The summed E-state index contributed by atoms with van der Waals surface area (Å²) in [6.45, 7) is 13.0. The Labute approximate surface area is 133 Å². The first-order chi connectivity index (χ1) is 9.91. The molecule has 1 saturated heterocycles. The average molecular weight is 320 g/mol. The lowest BCUT2D eigenvalue weighted by Crippen LogP contribution is -2.41. The zero-order valence-corrected chi connectivity index (χ0v) is 14.6. The van der Waals surface area contributed by atoms with E-state index in [0.717, 1.165) is 0 Å². The largest absolute Gasteiger partial charge is 0.388 e.